The van der Waals surface area contributed by atoms with E-state index in [4.69, 9.17) is 4.42 Å². The number of carbonyl (C=O) groups is 1. The van der Waals surface area contributed by atoms with Crippen LogP contribution in [0.15, 0.2) is 47.0 Å². The molecule has 2 heterocycles. The molecule has 0 unspecified atom stereocenters. The number of fused-ring (bicyclic) bond motifs is 1. The third kappa shape index (κ3) is 3.60. The minimum atomic E-state index is -0.269. The first kappa shape index (κ1) is 17.7. The van der Waals surface area contributed by atoms with Crippen molar-refractivity contribution in [3.8, 4) is 0 Å². The van der Waals surface area contributed by atoms with E-state index in [1.54, 1.807) is 6.20 Å². The predicted molar refractivity (Wildman–Crippen MR) is 104 cm³/mol. The van der Waals surface area contributed by atoms with Gasteiger partial charge in [0.1, 0.15) is 5.58 Å². The van der Waals surface area contributed by atoms with Crippen molar-refractivity contribution in [2.24, 2.45) is 5.92 Å². The van der Waals surface area contributed by atoms with E-state index in [1.165, 1.54) is 0 Å². The van der Waals surface area contributed by atoms with Gasteiger partial charge in [0.25, 0.3) is 5.91 Å². The van der Waals surface area contributed by atoms with Crippen molar-refractivity contribution in [1.29, 1.82) is 0 Å². The SMILES string of the molecule is Cc1ccc2c(C)c(C(=O)N[C@H](Cc3ccccn3)C3CC(O)C3)oc2c1. The van der Waals surface area contributed by atoms with Crippen LogP contribution in [-0.4, -0.2) is 28.1 Å². The molecule has 5 heteroatoms. The zero-order valence-electron chi connectivity index (χ0n) is 15.6. The first-order valence-electron chi connectivity index (χ1n) is 9.40. The van der Waals surface area contributed by atoms with Gasteiger partial charge in [0, 0.05) is 35.3 Å². The first-order valence-corrected chi connectivity index (χ1v) is 9.40. The predicted octanol–water partition coefficient (Wildman–Crippen LogP) is 3.56. The monoisotopic (exact) mass is 364 g/mol. The highest BCUT2D eigenvalue weighted by atomic mass is 16.3. The molecule has 3 aromatic rings. The molecule has 140 valence electrons. The highest BCUT2D eigenvalue weighted by molar-refractivity contribution is 5.99. The molecular formula is C22H24N2O3. The summed E-state index contributed by atoms with van der Waals surface area (Å²) in [5, 5.41) is 13.8. The molecule has 2 aromatic heterocycles. The lowest BCUT2D eigenvalue weighted by molar-refractivity contribution is 0.0235. The summed E-state index contributed by atoms with van der Waals surface area (Å²) in [7, 11) is 0. The second kappa shape index (κ2) is 7.16. The number of amides is 1. The summed E-state index contributed by atoms with van der Waals surface area (Å²) in [6.07, 6.45) is 3.54. The smallest absolute Gasteiger partial charge is 0.287 e. The van der Waals surface area contributed by atoms with E-state index in [2.05, 4.69) is 10.3 Å². The number of furan rings is 1. The molecule has 1 atom stereocenters. The summed E-state index contributed by atoms with van der Waals surface area (Å²) in [6, 6.07) is 11.7. The van der Waals surface area contributed by atoms with Crippen LogP contribution < -0.4 is 5.32 Å². The van der Waals surface area contributed by atoms with Gasteiger partial charge < -0.3 is 14.8 Å². The molecule has 2 N–H and O–H groups in total. The molecule has 0 spiro atoms. The molecule has 27 heavy (non-hydrogen) atoms. The van der Waals surface area contributed by atoms with Crippen molar-refractivity contribution in [1.82, 2.24) is 10.3 Å². The number of aromatic nitrogens is 1. The fraction of sp³-hybridized carbons (Fsp3) is 0.364. The van der Waals surface area contributed by atoms with Crippen molar-refractivity contribution in [3.05, 3.63) is 65.2 Å². The fourth-order valence-electron chi connectivity index (χ4n) is 3.82. The van der Waals surface area contributed by atoms with Crippen molar-refractivity contribution < 1.29 is 14.3 Å². The summed E-state index contributed by atoms with van der Waals surface area (Å²) in [5.74, 6) is 0.406. The molecule has 0 saturated heterocycles. The average molecular weight is 364 g/mol. The third-order valence-electron chi connectivity index (χ3n) is 5.49. The molecule has 1 fully saturated rings. The number of rotatable bonds is 5. The van der Waals surface area contributed by atoms with Crippen molar-refractivity contribution >= 4 is 16.9 Å². The van der Waals surface area contributed by atoms with E-state index < -0.39 is 0 Å². The van der Waals surface area contributed by atoms with Gasteiger partial charge >= 0.3 is 0 Å². The molecule has 1 aromatic carbocycles. The highest BCUT2D eigenvalue weighted by Crippen LogP contribution is 2.32. The van der Waals surface area contributed by atoms with Gasteiger partial charge in [-0.1, -0.05) is 18.2 Å². The van der Waals surface area contributed by atoms with Crippen LogP contribution in [0.5, 0.6) is 0 Å². The normalized spacial score (nSPS) is 20.3. The van der Waals surface area contributed by atoms with Crippen LogP contribution >= 0.6 is 0 Å². The molecule has 5 nitrogen and oxygen atoms in total. The summed E-state index contributed by atoms with van der Waals surface area (Å²) in [4.78, 5) is 17.3. The van der Waals surface area contributed by atoms with Crippen molar-refractivity contribution in [2.45, 2.75) is 45.3 Å². The summed E-state index contributed by atoms with van der Waals surface area (Å²) < 4.78 is 5.87. The molecule has 1 amide bonds. The van der Waals surface area contributed by atoms with Crippen LogP contribution in [0, 0.1) is 19.8 Å². The molecule has 1 aliphatic rings. The van der Waals surface area contributed by atoms with E-state index in [-0.39, 0.29) is 24.0 Å². The second-order valence-electron chi connectivity index (χ2n) is 7.55. The Hall–Kier alpha value is -2.66. The number of benzene rings is 1. The Kier molecular flexibility index (Phi) is 4.70. The van der Waals surface area contributed by atoms with Crippen LogP contribution in [0.3, 0.4) is 0 Å². The van der Waals surface area contributed by atoms with Crippen LogP contribution in [0.2, 0.25) is 0 Å². The Balaban J connectivity index is 1.57. The topological polar surface area (TPSA) is 75.4 Å². The lowest BCUT2D eigenvalue weighted by atomic mass is 9.76. The fourth-order valence-corrected chi connectivity index (χ4v) is 3.82. The minimum absolute atomic E-state index is 0.0786. The Labute approximate surface area is 158 Å². The number of hydrogen-bond acceptors (Lipinski definition) is 4. The largest absolute Gasteiger partial charge is 0.451 e. The van der Waals surface area contributed by atoms with E-state index in [0.29, 0.717) is 25.0 Å². The Morgan fingerprint density at radius 2 is 2.11 bits per heavy atom. The zero-order valence-corrected chi connectivity index (χ0v) is 15.6. The minimum Gasteiger partial charge on any atom is -0.451 e. The second-order valence-corrected chi connectivity index (χ2v) is 7.55. The molecule has 1 aliphatic carbocycles. The number of aliphatic hydroxyl groups is 1. The van der Waals surface area contributed by atoms with E-state index in [9.17, 15) is 9.90 Å². The molecule has 1 saturated carbocycles. The number of nitrogens with one attached hydrogen (secondary N) is 1. The van der Waals surface area contributed by atoms with Gasteiger partial charge in [-0.3, -0.25) is 9.78 Å². The number of nitrogens with zero attached hydrogens (tertiary/aromatic N) is 1. The summed E-state index contributed by atoms with van der Waals surface area (Å²) >= 11 is 0. The molecule has 0 aliphatic heterocycles. The quantitative estimate of drug-likeness (QED) is 0.726. The maximum atomic E-state index is 13.0. The lowest BCUT2D eigenvalue weighted by Crippen LogP contribution is -2.48. The molecular weight excluding hydrogens is 340 g/mol. The van der Waals surface area contributed by atoms with E-state index >= 15 is 0 Å². The maximum absolute atomic E-state index is 13.0. The van der Waals surface area contributed by atoms with Crippen LogP contribution in [0.4, 0.5) is 0 Å². The number of carbonyl (C=O) groups excluding carboxylic acids is 1. The van der Waals surface area contributed by atoms with Gasteiger partial charge in [0.05, 0.1) is 6.10 Å². The van der Waals surface area contributed by atoms with E-state index in [1.807, 2.05) is 50.2 Å². The van der Waals surface area contributed by atoms with Crippen molar-refractivity contribution in [3.63, 3.8) is 0 Å². The molecule has 0 radical (unpaired) electrons. The number of aliphatic hydroxyl groups excluding tert-OH is 1. The zero-order chi connectivity index (χ0) is 19.0. The van der Waals surface area contributed by atoms with Crippen LogP contribution in [0.1, 0.15) is 40.2 Å². The molecule has 4 rings (SSSR count). The number of aryl methyl sites for hydroxylation is 2. The van der Waals surface area contributed by atoms with Gasteiger partial charge in [0.2, 0.25) is 0 Å². The first-order chi connectivity index (χ1) is 13.0. The number of pyridine rings is 1. The highest BCUT2D eigenvalue weighted by Gasteiger charge is 2.35. The lowest BCUT2D eigenvalue weighted by Gasteiger charge is -2.37. The van der Waals surface area contributed by atoms with Gasteiger partial charge in [-0.25, -0.2) is 0 Å². The average Bonchev–Trinajstić information content (AvgIpc) is 2.95. The maximum Gasteiger partial charge on any atom is 0.287 e. The Morgan fingerprint density at radius 3 is 2.81 bits per heavy atom. The number of hydrogen-bond donors (Lipinski definition) is 2. The van der Waals surface area contributed by atoms with E-state index in [0.717, 1.165) is 27.8 Å². The summed E-state index contributed by atoms with van der Waals surface area (Å²) in [6.45, 7) is 3.92. The van der Waals surface area contributed by atoms with Gasteiger partial charge in [-0.05, 0) is 56.4 Å². The third-order valence-corrected chi connectivity index (χ3v) is 5.49. The van der Waals surface area contributed by atoms with Gasteiger partial charge in [-0.15, -0.1) is 0 Å². The van der Waals surface area contributed by atoms with Crippen LogP contribution in [-0.2, 0) is 6.42 Å². The van der Waals surface area contributed by atoms with Crippen molar-refractivity contribution in [2.75, 3.05) is 0 Å². The van der Waals surface area contributed by atoms with Gasteiger partial charge in [-0.2, -0.15) is 0 Å². The Morgan fingerprint density at radius 1 is 1.30 bits per heavy atom. The van der Waals surface area contributed by atoms with Crippen LogP contribution in [0.25, 0.3) is 11.0 Å². The standard InChI is InChI=1S/C22H24N2O3/c1-13-6-7-18-14(2)21(27-20(18)9-13)22(26)24-19(15-10-17(25)11-15)12-16-5-3-4-8-23-16/h3-9,15,17,19,25H,10-12H2,1-2H3,(H,24,26)/t15?,17?,19-/m1/s1. The van der Waals surface area contributed by atoms with Gasteiger partial charge in [0.15, 0.2) is 5.76 Å². The summed E-state index contributed by atoms with van der Waals surface area (Å²) in [5.41, 5.74) is 3.62. The Bertz CT molecular complexity index is 958. The molecule has 0 bridgehead atoms.